The molecule has 152 valence electrons. The summed E-state index contributed by atoms with van der Waals surface area (Å²) in [5.41, 5.74) is 5.09. The van der Waals surface area contributed by atoms with E-state index >= 15 is 0 Å². The highest BCUT2D eigenvalue weighted by atomic mass is 19.4. The summed E-state index contributed by atoms with van der Waals surface area (Å²) >= 11 is 0. The van der Waals surface area contributed by atoms with Crippen LogP contribution in [-0.2, 0) is 16.4 Å². The average molecular weight is 408 g/mol. The Morgan fingerprint density at radius 2 is 2.03 bits per heavy atom. The quantitative estimate of drug-likeness (QED) is 0.635. The monoisotopic (exact) mass is 408 g/mol. The molecule has 0 saturated heterocycles. The minimum Gasteiger partial charge on any atom is -0.384 e. The van der Waals surface area contributed by atoms with Gasteiger partial charge in [-0.15, -0.1) is 5.10 Å². The van der Waals surface area contributed by atoms with Gasteiger partial charge in [0.15, 0.2) is 5.65 Å². The van der Waals surface area contributed by atoms with Crippen molar-refractivity contribution >= 4 is 23.1 Å². The third kappa shape index (κ3) is 3.26. The van der Waals surface area contributed by atoms with E-state index in [1.165, 1.54) is 16.8 Å². The maximum absolute atomic E-state index is 13.6. The first kappa shape index (κ1) is 19.1. The lowest BCUT2D eigenvalue weighted by molar-refractivity contribution is -0.141. The molecule has 1 aliphatic carbocycles. The van der Waals surface area contributed by atoms with Crippen molar-refractivity contribution in [2.45, 2.75) is 37.8 Å². The van der Waals surface area contributed by atoms with Crippen LogP contribution in [0.2, 0.25) is 0 Å². The lowest BCUT2D eigenvalue weighted by atomic mass is 9.88. The highest BCUT2D eigenvalue weighted by Gasteiger charge is 2.43. The molecule has 3 aromatic rings. The molecule has 0 bridgehead atoms. The summed E-state index contributed by atoms with van der Waals surface area (Å²) in [6.45, 7) is 3.76. The van der Waals surface area contributed by atoms with Gasteiger partial charge in [-0.05, 0) is 12.5 Å². The smallest absolute Gasteiger partial charge is 0.384 e. The van der Waals surface area contributed by atoms with Gasteiger partial charge in [0.05, 0.1) is 11.6 Å². The second kappa shape index (κ2) is 6.13. The van der Waals surface area contributed by atoms with E-state index in [0.717, 1.165) is 12.1 Å². The number of alkyl halides is 3. The second-order valence-electron chi connectivity index (χ2n) is 7.59. The summed E-state index contributed by atoms with van der Waals surface area (Å²) in [5.74, 6) is -2.28. The molecule has 3 aromatic heterocycles. The van der Waals surface area contributed by atoms with E-state index in [-0.39, 0.29) is 11.5 Å². The highest BCUT2D eigenvalue weighted by Crippen LogP contribution is 2.46. The van der Waals surface area contributed by atoms with Gasteiger partial charge in [-0.25, -0.2) is 14.5 Å². The molecular weight excluding hydrogens is 392 g/mol. The number of aromatic nitrogens is 4. The van der Waals surface area contributed by atoms with Crippen LogP contribution in [-0.4, -0.2) is 25.5 Å². The number of halogens is 4. The van der Waals surface area contributed by atoms with E-state index in [1.54, 1.807) is 0 Å². The van der Waals surface area contributed by atoms with Gasteiger partial charge in [0.2, 0.25) is 11.9 Å². The Morgan fingerprint density at radius 3 is 2.72 bits per heavy atom. The van der Waals surface area contributed by atoms with Gasteiger partial charge in [-0.1, -0.05) is 13.8 Å². The van der Waals surface area contributed by atoms with Gasteiger partial charge < -0.3 is 11.1 Å². The lowest BCUT2D eigenvalue weighted by Crippen LogP contribution is -2.22. The van der Waals surface area contributed by atoms with Gasteiger partial charge >= 0.3 is 6.18 Å². The van der Waals surface area contributed by atoms with Gasteiger partial charge in [0, 0.05) is 35.0 Å². The van der Waals surface area contributed by atoms with Crippen molar-refractivity contribution in [1.82, 2.24) is 19.6 Å². The number of nitrogens with zero attached hydrogens (tertiary/aromatic N) is 4. The zero-order valence-corrected chi connectivity index (χ0v) is 15.4. The van der Waals surface area contributed by atoms with Crippen molar-refractivity contribution in [3.63, 3.8) is 0 Å². The average Bonchev–Trinajstić information content (AvgIpc) is 3.09. The summed E-state index contributed by atoms with van der Waals surface area (Å²) in [6, 6.07) is 3.06. The van der Waals surface area contributed by atoms with Crippen LogP contribution >= 0.6 is 0 Å². The molecule has 1 unspecified atom stereocenters. The van der Waals surface area contributed by atoms with Crippen molar-refractivity contribution in [3.05, 3.63) is 47.3 Å². The van der Waals surface area contributed by atoms with Crippen molar-refractivity contribution < 1.29 is 22.4 Å². The number of carbonyl (C=O) groups is 1. The largest absolute Gasteiger partial charge is 0.433 e. The Labute approximate surface area is 161 Å². The number of nitrogens with two attached hydrogens (primary N) is 1. The number of rotatable bonds is 2. The Balaban J connectivity index is 1.70. The van der Waals surface area contributed by atoms with Crippen molar-refractivity contribution in [2.75, 3.05) is 11.1 Å². The number of hydrogen-bond acceptors (Lipinski definition) is 5. The van der Waals surface area contributed by atoms with Gasteiger partial charge in [-0.2, -0.15) is 17.6 Å². The topological polar surface area (TPSA) is 98.2 Å². The molecule has 0 fully saturated rings. The first-order valence-corrected chi connectivity index (χ1v) is 8.66. The predicted octanol–water partition coefficient (Wildman–Crippen LogP) is 3.27. The molecule has 4 rings (SSSR count). The lowest BCUT2D eigenvalue weighted by Gasteiger charge is -2.19. The summed E-state index contributed by atoms with van der Waals surface area (Å²) in [7, 11) is 0. The molecule has 3 heterocycles. The summed E-state index contributed by atoms with van der Waals surface area (Å²) in [4.78, 5) is 20.3. The fraction of sp³-hybridized carbons (Fsp3) is 0.333. The SMILES string of the molecule is CC1(C)CC(C(=O)Nc2cc(N)nc(C(F)(F)F)c2)c2cnc3cc(F)nn3c21. The van der Waals surface area contributed by atoms with E-state index in [0.29, 0.717) is 23.3 Å². The van der Waals surface area contributed by atoms with Crippen LogP contribution in [0, 0.1) is 5.95 Å². The standard InChI is InChI=1S/C18H16F4N6O/c1-17(2)6-9(10-7-24-14-5-12(19)27-28(14)15(10)17)16(29)25-8-3-11(18(20,21)22)26-13(23)4-8/h3-5,7,9H,6H2,1-2H3,(H3,23,25,26,29). The van der Waals surface area contributed by atoms with Crippen LogP contribution in [0.15, 0.2) is 24.4 Å². The van der Waals surface area contributed by atoms with Crippen LogP contribution in [0.1, 0.15) is 43.1 Å². The van der Waals surface area contributed by atoms with E-state index < -0.39 is 35.1 Å². The predicted molar refractivity (Wildman–Crippen MR) is 95.6 cm³/mol. The zero-order chi connectivity index (χ0) is 21.1. The number of anilines is 2. The van der Waals surface area contributed by atoms with E-state index in [9.17, 15) is 22.4 Å². The van der Waals surface area contributed by atoms with E-state index in [2.05, 4.69) is 20.4 Å². The Hall–Kier alpha value is -3.24. The third-order valence-corrected chi connectivity index (χ3v) is 4.93. The number of nitrogen functional groups attached to an aromatic ring is 1. The molecule has 1 atom stereocenters. The number of hydrogen-bond donors (Lipinski definition) is 2. The number of amides is 1. The molecule has 3 N–H and O–H groups in total. The molecule has 0 saturated carbocycles. The normalized spacial score (nSPS) is 18.1. The molecule has 0 radical (unpaired) electrons. The molecule has 1 amide bonds. The van der Waals surface area contributed by atoms with E-state index in [4.69, 9.17) is 5.73 Å². The van der Waals surface area contributed by atoms with Crippen molar-refractivity contribution in [3.8, 4) is 0 Å². The Bertz CT molecular complexity index is 1140. The summed E-state index contributed by atoms with van der Waals surface area (Å²) < 4.78 is 53.8. The summed E-state index contributed by atoms with van der Waals surface area (Å²) in [6.07, 6.45) is -2.87. The fourth-order valence-electron chi connectivity index (χ4n) is 3.80. The van der Waals surface area contributed by atoms with E-state index in [1.807, 2.05) is 13.8 Å². The van der Waals surface area contributed by atoms with Gasteiger partial charge in [-0.3, -0.25) is 4.79 Å². The minimum atomic E-state index is -4.70. The number of fused-ring (bicyclic) bond motifs is 3. The number of pyridine rings is 1. The molecule has 11 heteroatoms. The van der Waals surface area contributed by atoms with Crippen LogP contribution in [0.5, 0.6) is 0 Å². The molecule has 7 nitrogen and oxygen atoms in total. The van der Waals surface area contributed by atoms with Crippen LogP contribution < -0.4 is 11.1 Å². The van der Waals surface area contributed by atoms with Crippen LogP contribution in [0.25, 0.3) is 5.65 Å². The number of nitrogens with one attached hydrogen (secondary N) is 1. The van der Waals surface area contributed by atoms with Crippen LogP contribution in [0.3, 0.4) is 0 Å². The second-order valence-corrected chi connectivity index (χ2v) is 7.59. The first-order chi connectivity index (χ1) is 13.5. The molecule has 1 aliphatic rings. The molecular formula is C18H16F4N6O. The van der Waals surface area contributed by atoms with Crippen LogP contribution in [0.4, 0.5) is 29.1 Å². The van der Waals surface area contributed by atoms with Gasteiger partial charge in [0.1, 0.15) is 11.5 Å². The Kier molecular flexibility index (Phi) is 4.03. The molecule has 0 aliphatic heterocycles. The maximum Gasteiger partial charge on any atom is 0.433 e. The summed E-state index contributed by atoms with van der Waals surface area (Å²) in [5, 5.41) is 6.29. The first-order valence-electron chi connectivity index (χ1n) is 8.66. The molecule has 29 heavy (non-hydrogen) atoms. The number of carbonyl (C=O) groups excluding carboxylic acids is 1. The third-order valence-electron chi connectivity index (χ3n) is 4.93. The minimum absolute atomic E-state index is 0.111. The Morgan fingerprint density at radius 1 is 1.31 bits per heavy atom. The van der Waals surface area contributed by atoms with Gasteiger partial charge in [0.25, 0.3) is 0 Å². The fourth-order valence-corrected chi connectivity index (χ4v) is 3.80. The molecule has 0 aromatic carbocycles. The maximum atomic E-state index is 13.6. The zero-order valence-electron chi connectivity index (χ0n) is 15.4. The highest BCUT2D eigenvalue weighted by molar-refractivity contribution is 5.97. The van der Waals surface area contributed by atoms with Crippen molar-refractivity contribution in [2.24, 2.45) is 0 Å². The molecule has 0 spiro atoms. The van der Waals surface area contributed by atoms with Crippen molar-refractivity contribution in [1.29, 1.82) is 0 Å².